The maximum atomic E-state index is 15.2. The van der Waals surface area contributed by atoms with Gasteiger partial charge in [-0.15, -0.1) is 0 Å². The number of rotatable bonds is 5. The molecule has 216 valence electrons. The molecule has 0 saturated carbocycles. The summed E-state index contributed by atoms with van der Waals surface area (Å²) in [5.74, 6) is 1.23. The zero-order valence-corrected chi connectivity index (χ0v) is 23.7. The molecule has 0 bridgehead atoms. The fourth-order valence-electron chi connectivity index (χ4n) is 5.52. The zero-order valence-electron chi connectivity index (χ0n) is 23.7. The monoisotopic (exact) mass is 564 g/mol. The SMILES string of the molecule is Cc1ncc(Oc2nc(N3CC(CN)C4(COC4)C3)c3c(n2)[nH]c2c(N(C)C(=O)OC(C)(C)C)cc(F)cc23)cn1. The summed E-state index contributed by atoms with van der Waals surface area (Å²) in [7, 11) is 1.54. The highest BCUT2D eigenvalue weighted by molar-refractivity contribution is 6.16. The van der Waals surface area contributed by atoms with Crippen LogP contribution in [0.25, 0.3) is 21.9 Å². The molecule has 3 N–H and O–H groups in total. The lowest BCUT2D eigenvalue weighted by Crippen LogP contribution is -2.50. The number of nitrogens with one attached hydrogen (secondary N) is 1. The minimum absolute atomic E-state index is 0.0721. The highest BCUT2D eigenvalue weighted by atomic mass is 19.1. The number of hydrogen-bond acceptors (Lipinski definition) is 10. The van der Waals surface area contributed by atoms with Crippen LogP contribution in [0.2, 0.25) is 0 Å². The first-order valence-corrected chi connectivity index (χ1v) is 13.5. The van der Waals surface area contributed by atoms with E-state index in [2.05, 4.69) is 24.8 Å². The third kappa shape index (κ3) is 4.88. The summed E-state index contributed by atoms with van der Waals surface area (Å²) in [6, 6.07) is 2.78. The lowest BCUT2D eigenvalue weighted by Gasteiger charge is -2.41. The second-order valence-electron chi connectivity index (χ2n) is 11.8. The van der Waals surface area contributed by atoms with Crippen molar-refractivity contribution in [1.82, 2.24) is 24.9 Å². The minimum Gasteiger partial charge on any atom is -0.443 e. The predicted molar refractivity (Wildman–Crippen MR) is 151 cm³/mol. The Morgan fingerprint density at radius 2 is 2.00 bits per heavy atom. The molecule has 1 spiro atoms. The van der Waals surface area contributed by atoms with Crippen molar-refractivity contribution in [1.29, 1.82) is 0 Å². The number of H-pyrrole nitrogens is 1. The normalized spacial score (nSPS) is 18.2. The summed E-state index contributed by atoms with van der Waals surface area (Å²) in [5, 5.41) is 1.14. The van der Waals surface area contributed by atoms with Gasteiger partial charge in [0.1, 0.15) is 28.7 Å². The lowest BCUT2D eigenvalue weighted by molar-refractivity contribution is -0.121. The van der Waals surface area contributed by atoms with Crippen molar-refractivity contribution in [3.8, 4) is 11.8 Å². The largest absolute Gasteiger partial charge is 0.443 e. The minimum atomic E-state index is -0.723. The van der Waals surface area contributed by atoms with Crippen LogP contribution in [0.3, 0.4) is 0 Å². The van der Waals surface area contributed by atoms with Gasteiger partial charge < -0.3 is 29.8 Å². The number of hydrogen-bond donors (Lipinski definition) is 2. The summed E-state index contributed by atoms with van der Waals surface area (Å²) in [5.41, 5.74) is 6.62. The number of carbonyl (C=O) groups is 1. The van der Waals surface area contributed by atoms with Gasteiger partial charge in [-0.05, 0) is 46.4 Å². The van der Waals surface area contributed by atoms with Crippen LogP contribution in [0.5, 0.6) is 11.8 Å². The number of benzene rings is 1. The molecule has 41 heavy (non-hydrogen) atoms. The fraction of sp³-hybridized carbons (Fsp3) is 0.464. The molecule has 1 amide bonds. The molecule has 1 aromatic carbocycles. The van der Waals surface area contributed by atoms with E-state index in [1.54, 1.807) is 47.1 Å². The second-order valence-corrected chi connectivity index (χ2v) is 11.8. The van der Waals surface area contributed by atoms with Crippen molar-refractivity contribution < 1.29 is 23.4 Å². The van der Waals surface area contributed by atoms with Crippen LogP contribution < -0.4 is 20.3 Å². The van der Waals surface area contributed by atoms with E-state index in [9.17, 15) is 4.79 Å². The van der Waals surface area contributed by atoms with Gasteiger partial charge in [-0.3, -0.25) is 4.90 Å². The molecule has 5 heterocycles. The van der Waals surface area contributed by atoms with Crippen LogP contribution in [0.15, 0.2) is 24.5 Å². The van der Waals surface area contributed by atoms with Crippen LogP contribution in [0.1, 0.15) is 26.6 Å². The third-order valence-corrected chi connectivity index (χ3v) is 7.64. The fourth-order valence-corrected chi connectivity index (χ4v) is 5.52. The average molecular weight is 565 g/mol. The molecule has 2 saturated heterocycles. The number of anilines is 2. The number of aryl methyl sites for hydroxylation is 1. The van der Waals surface area contributed by atoms with Crippen molar-refractivity contribution >= 4 is 39.5 Å². The Hall–Kier alpha value is -4.10. The molecule has 4 aromatic rings. The van der Waals surface area contributed by atoms with E-state index in [0.29, 0.717) is 77.9 Å². The topological polar surface area (TPSA) is 145 Å². The molecule has 13 heteroatoms. The molecule has 0 radical (unpaired) electrons. The summed E-state index contributed by atoms with van der Waals surface area (Å²) in [4.78, 5) is 37.5. The van der Waals surface area contributed by atoms with Gasteiger partial charge in [-0.25, -0.2) is 19.2 Å². The maximum Gasteiger partial charge on any atom is 0.414 e. The van der Waals surface area contributed by atoms with Gasteiger partial charge in [0.25, 0.3) is 0 Å². The highest BCUT2D eigenvalue weighted by Crippen LogP contribution is 2.46. The maximum absolute atomic E-state index is 15.2. The molecule has 12 nitrogen and oxygen atoms in total. The molecule has 2 fully saturated rings. The van der Waals surface area contributed by atoms with Crippen LogP contribution in [-0.2, 0) is 9.47 Å². The molecular weight excluding hydrogens is 531 g/mol. The molecule has 1 unspecified atom stereocenters. The van der Waals surface area contributed by atoms with Gasteiger partial charge >= 0.3 is 12.1 Å². The van der Waals surface area contributed by atoms with Crippen LogP contribution in [-0.4, -0.2) is 76.5 Å². The number of nitrogens with zero attached hydrogens (tertiary/aromatic N) is 6. The molecule has 6 rings (SSSR count). The molecule has 0 aliphatic carbocycles. The Labute approximate surface area is 236 Å². The number of aromatic nitrogens is 5. The number of ether oxygens (including phenoxy) is 3. The van der Waals surface area contributed by atoms with Crippen LogP contribution >= 0.6 is 0 Å². The van der Waals surface area contributed by atoms with Gasteiger partial charge in [0, 0.05) is 36.9 Å². The van der Waals surface area contributed by atoms with Crippen molar-refractivity contribution in [3.63, 3.8) is 0 Å². The van der Waals surface area contributed by atoms with E-state index in [0.717, 1.165) is 0 Å². The smallest absolute Gasteiger partial charge is 0.414 e. The Balaban J connectivity index is 1.51. The van der Waals surface area contributed by atoms with E-state index in [1.165, 1.54) is 17.0 Å². The number of amides is 1. The molecule has 1 atom stereocenters. The molecule has 2 aliphatic heterocycles. The summed E-state index contributed by atoms with van der Waals surface area (Å²) < 4.78 is 32.3. The van der Waals surface area contributed by atoms with E-state index < -0.39 is 17.5 Å². The summed E-state index contributed by atoms with van der Waals surface area (Å²) >= 11 is 0. The number of fused-ring (bicyclic) bond motifs is 3. The van der Waals surface area contributed by atoms with Crippen LogP contribution in [0.4, 0.5) is 20.7 Å². The third-order valence-electron chi connectivity index (χ3n) is 7.64. The second kappa shape index (κ2) is 9.77. The van der Waals surface area contributed by atoms with Gasteiger partial charge in [0.05, 0.1) is 42.2 Å². The van der Waals surface area contributed by atoms with E-state index in [1.807, 2.05) is 0 Å². The first-order chi connectivity index (χ1) is 19.5. The number of carbonyl (C=O) groups excluding carboxylic acids is 1. The van der Waals surface area contributed by atoms with Crippen molar-refractivity contribution in [2.45, 2.75) is 33.3 Å². The molecule has 2 aliphatic rings. The average Bonchev–Trinajstić information content (AvgIpc) is 3.47. The van der Waals surface area contributed by atoms with Gasteiger partial charge in [-0.2, -0.15) is 9.97 Å². The standard InChI is InChI=1S/C28H33FN8O4/c1-15-31-9-18(10-32-15)40-25-34-23-21(24(35-25)37-11-16(8-30)28(12-37)13-39-14-28)19-6-17(29)7-20(22(19)33-23)36(5)26(38)41-27(2,3)4/h6-7,9-10,16H,8,11-14,30H2,1-5H3,(H,33,34,35). The summed E-state index contributed by atoms with van der Waals surface area (Å²) in [6.45, 7) is 10.2. The Bertz CT molecular complexity index is 1630. The van der Waals surface area contributed by atoms with Gasteiger partial charge in [0.2, 0.25) is 0 Å². The number of aromatic amines is 1. The van der Waals surface area contributed by atoms with Crippen molar-refractivity contribution in [3.05, 3.63) is 36.2 Å². The van der Waals surface area contributed by atoms with Crippen molar-refractivity contribution in [2.75, 3.05) is 49.7 Å². The molecule has 3 aromatic heterocycles. The van der Waals surface area contributed by atoms with E-state index in [-0.39, 0.29) is 17.3 Å². The lowest BCUT2D eigenvalue weighted by atomic mass is 9.76. The van der Waals surface area contributed by atoms with Crippen molar-refractivity contribution in [2.24, 2.45) is 17.1 Å². The van der Waals surface area contributed by atoms with Gasteiger partial charge in [-0.1, -0.05) is 0 Å². The van der Waals surface area contributed by atoms with Crippen LogP contribution in [0, 0.1) is 24.1 Å². The Morgan fingerprint density at radius 3 is 2.61 bits per heavy atom. The number of halogens is 1. The number of nitrogens with two attached hydrogens (primary N) is 1. The summed E-state index contributed by atoms with van der Waals surface area (Å²) in [6.07, 6.45) is 2.48. The first kappa shape index (κ1) is 27.1. The Morgan fingerprint density at radius 1 is 1.27 bits per heavy atom. The van der Waals surface area contributed by atoms with E-state index in [4.69, 9.17) is 24.9 Å². The molecular formula is C28H33FN8O4. The van der Waals surface area contributed by atoms with E-state index >= 15 is 4.39 Å². The highest BCUT2D eigenvalue weighted by Gasteiger charge is 2.52. The predicted octanol–water partition coefficient (Wildman–Crippen LogP) is 3.92. The first-order valence-electron chi connectivity index (χ1n) is 13.5. The Kier molecular flexibility index (Phi) is 6.46. The van der Waals surface area contributed by atoms with Gasteiger partial charge in [0.15, 0.2) is 5.75 Å². The zero-order chi connectivity index (χ0) is 29.1. The quantitative estimate of drug-likeness (QED) is 0.366.